The number of benzene rings is 3. The van der Waals surface area contributed by atoms with Gasteiger partial charge < -0.3 is 44.3 Å². The first-order valence-electron chi connectivity index (χ1n) is 17.2. The number of rotatable bonds is 16. The van der Waals surface area contributed by atoms with Gasteiger partial charge in [-0.1, -0.05) is 55.8 Å². The van der Waals surface area contributed by atoms with E-state index in [4.69, 9.17) is 41.0 Å². The van der Waals surface area contributed by atoms with Gasteiger partial charge in [0.05, 0.1) is 55.3 Å². The molecule has 4 atom stereocenters. The molecule has 10 nitrogen and oxygen atoms in total. The van der Waals surface area contributed by atoms with E-state index in [-0.39, 0.29) is 24.3 Å². The number of carbonyl (C=O) groups is 1. The smallest absolute Gasteiger partial charge is 0.239 e. The lowest BCUT2D eigenvalue weighted by atomic mass is 9.84. The predicted octanol–water partition coefficient (Wildman–Crippen LogP) is 5.28. The fourth-order valence-corrected chi connectivity index (χ4v) is 6.47. The standard InChI is InChI=1S/C38H50ClN3O7/c1-26(2)37(40)38(44)42-23-32(43)36(28-11-13-29(14-12-28)46-19-7-20-47-33-9-5-4-8-30(33)39)35(24-42)49-25-27-10-15-34-31(22-27)41(17-21-48-34)16-6-18-45-3/h4-5,8-15,22,26,32,35-37,43H,6-7,16-21,23-25,40H2,1-3H3/t32-,35+,36+,37?/m1/s1. The van der Waals surface area contributed by atoms with Crippen LogP contribution in [0.5, 0.6) is 17.2 Å². The third-order valence-electron chi connectivity index (χ3n) is 9.08. The second kappa shape index (κ2) is 17.9. The highest BCUT2D eigenvalue weighted by Crippen LogP contribution is 2.35. The maximum Gasteiger partial charge on any atom is 0.239 e. The maximum atomic E-state index is 13.3. The van der Waals surface area contributed by atoms with Crippen molar-refractivity contribution in [1.29, 1.82) is 0 Å². The summed E-state index contributed by atoms with van der Waals surface area (Å²) in [6.45, 7) is 8.63. The lowest BCUT2D eigenvalue weighted by Crippen LogP contribution is -2.57. The molecule has 0 aliphatic carbocycles. The number of amides is 1. The number of halogens is 1. The molecule has 1 saturated heterocycles. The van der Waals surface area contributed by atoms with Crippen LogP contribution in [0.25, 0.3) is 0 Å². The summed E-state index contributed by atoms with van der Waals surface area (Å²) in [6, 6.07) is 20.6. The molecular formula is C38H50ClN3O7. The highest BCUT2D eigenvalue weighted by molar-refractivity contribution is 6.32. The van der Waals surface area contributed by atoms with Crippen LogP contribution in [0, 0.1) is 5.92 Å². The zero-order chi connectivity index (χ0) is 34.8. The van der Waals surface area contributed by atoms with E-state index in [9.17, 15) is 9.90 Å². The van der Waals surface area contributed by atoms with Crippen LogP contribution in [-0.4, -0.2) is 93.9 Å². The fraction of sp³-hybridized carbons (Fsp3) is 0.500. The Morgan fingerprint density at radius 2 is 1.80 bits per heavy atom. The lowest BCUT2D eigenvalue weighted by molar-refractivity contribution is -0.144. The molecular weight excluding hydrogens is 646 g/mol. The minimum atomic E-state index is -0.844. The number of nitrogens with two attached hydrogens (primary N) is 1. The van der Waals surface area contributed by atoms with Gasteiger partial charge in [0.15, 0.2) is 0 Å². The van der Waals surface area contributed by atoms with Gasteiger partial charge in [-0.3, -0.25) is 4.79 Å². The topological polar surface area (TPSA) is 116 Å². The van der Waals surface area contributed by atoms with Gasteiger partial charge >= 0.3 is 0 Å². The molecule has 3 aromatic carbocycles. The molecule has 0 spiro atoms. The highest BCUT2D eigenvalue weighted by Gasteiger charge is 2.40. The Balaban J connectivity index is 1.25. The molecule has 0 radical (unpaired) electrons. The van der Waals surface area contributed by atoms with Crippen LogP contribution in [0.1, 0.15) is 43.7 Å². The fourth-order valence-electron chi connectivity index (χ4n) is 6.28. The number of fused-ring (bicyclic) bond motifs is 1. The number of likely N-dealkylation sites (tertiary alicyclic amines) is 1. The maximum absolute atomic E-state index is 13.3. The van der Waals surface area contributed by atoms with E-state index in [1.54, 1.807) is 18.1 Å². The van der Waals surface area contributed by atoms with Gasteiger partial charge in [0.25, 0.3) is 0 Å². The number of piperidine rings is 1. The van der Waals surface area contributed by atoms with E-state index >= 15 is 0 Å². The molecule has 5 rings (SSSR count). The van der Waals surface area contributed by atoms with Crippen molar-refractivity contribution in [3.8, 4) is 17.2 Å². The van der Waals surface area contributed by atoms with Crippen LogP contribution < -0.4 is 24.8 Å². The summed E-state index contributed by atoms with van der Waals surface area (Å²) in [6.07, 6.45) is 0.296. The summed E-state index contributed by atoms with van der Waals surface area (Å²) in [5.74, 6) is 1.67. The quantitative estimate of drug-likeness (QED) is 0.193. The molecule has 1 amide bonds. The highest BCUT2D eigenvalue weighted by atomic mass is 35.5. The van der Waals surface area contributed by atoms with Gasteiger partial charge in [-0.05, 0) is 59.9 Å². The molecule has 0 aromatic heterocycles. The number of aliphatic hydroxyl groups is 1. The number of methoxy groups -OCH3 is 1. The number of β-amino-alcohol motifs (C(OH)–C–C–N with tert-alkyl or cyclic N) is 1. The van der Waals surface area contributed by atoms with E-state index in [1.807, 2.05) is 68.4 Å². The van der Waals surface area contributed by atoms with Crippen LogP contribution in [-0.2, 0) is 20.9 Å². The summed E-state index contributed by atoms with van der Waals surface area (Å²) in [4.78, 5) is 17.3. The average Bonchev–Trinajstić information content (AvgIpc) is 3.11. The lowest BCUT2D eigenvalue weighted by Gasteiger charge is -2.43. The van der Waals surface area contributed by atoms with Crippen molar-refractivity contribution in [2.75, 3.05) is 64.6 Å². The number of para-hydroxylation sites is 1. The molecule has 2 heterocycles. The van der Waals surface area contributed by atoms with E-state index in [1.165, 1.54) is 0 Å². The van der Waals surface area contributed by atoms with E-state index in [0.29, 0.717) is 56.8 Å². The summed E-state index contributed by atoms with van der Waals surface area (Å²) >= 11 is 6.17. The molecule has 266 valence electrons. The van der Waals surface area contributed by atoms with Crippen LogP contribution in [0.4, 0.5) is 5.69 Å². The molecule has 3 N–H and O–H groups in total. The molecule has 11 heteroatoms. The third kappa shape index (κ3) is 9.80. The molecule has 1 fully saturated rings. The number of carbonyl (C=O) groups excluding carboxylic acids is 1. The number of hydrogen-bond acceptors (Lipinski definition) is 9. The Kier molecular flexibility index (Phi) is 13.4. The molecule has 49 heavy (non-hydrogen) atoms. The minimum absolute atomic E-state index is 0.0264. The predicted molar refractivity (Wildman–Crippen MR) is 191 cm³/mol. The molecule has 2 aliphatic rings. The van der Waals surface area contributed by atoms with Gasteiger partial charge in [0.1, 0.15) is 23.9 Å². The van der Waals surface area contributed by atoms with Gasteiger partial charge in [0, 0.05) is 45.7 Å². The van der Waals surface area contributed by atoms with Crippen molar-refractivity contribution in [3.63, 3.8) is 0 Å². The Labute approximate surface area is 295 Å². The number of nitrogens with zero attached hydrogens (tertiary/aromatic N) is 2. The molecule has 0 saturated carbocycles. The summed E-state index contributed by atoms with van der Waals surface area (Å²) in [5, 5.41) is 12.1. The van der Waals surface area contributed by atoms with Crippen LogP contribution >= 0.6 is 11.6 Å². The summed E-state index contributed by atoms with van der Waals surface area (Å²) in [5.41, 5.74) is 9.19. The first-order valence-corrected chi connectivity index (χ1v) is 17.6. The number of anilines is 1. The van der Waals surface area contributed by atoms with Gasteiger partial charge in [-0.15, -0.1) is 0 Å². The second-order valence-electron chi connectivity index (χ2n) is 13.0. The Morgan fingerprint density at radius 1 is 1.02 bits per heavy atom. The first-order chi connectivity index (χ1) is 23.7. The van der Waals surface area contributed by atoms with Crippen LogP contribution in [0.3, 0.4) is 0 Å². The van der Waals surface area contributed by atoms with Gasteiger partial charge in [0.2, 0.25) is 5.91 Å². The Morgan fingerprint density at radius 3 is 2.55 bits per heavy atom. The van der Waals surface area contributed by atoms with Crippen molar-refractivity contribution in [2.45, 2.75) is 57.5 Å². The normalized spacial score (nSPS) is 19.7. The Hall–Kier alpha value is -3.54. The van der Waals surface area contributed by atoms with Crippen molar-refractivity contribution in [2.24, 2.45) is 11.7 Å². The zero-order valence-corrected chi connectivity index (χ0v) is 29.5. The SMILES string of the molecule is COCCCN1CCOc2ccc(CO[C@H]3CN(C(=O)C(N)C(C)C)C[C@@H](O)[C@@H]3c3ccc(OCCCOc4ccccc4Cl)cc3)cc21. The van der Waals surface area contributed by atoms with Crippen molar-refractivity contribution in [3.05, 3.63) is 82.9 Å². The first kappa shape index (κ1) is 36.7. The number of ether oxygens (including phenoxy) is 5. The molecule has 0 bridgehead atoms. The van der Waals surface area contributed by atoms with Crippen molar-refractivity contribution >= 4 is 23.2 Å². The van der Waals surface area contributed by atoms with Gasteiger partial charge in [-0.2, -0.15) is 0 Å². The molecule has 3 aromatic rings. The summed E-state index contributed by atoms with van der Waals surface area (Å²) in [7, 11) is 1.72. The van der Waals surface area contributed by atoms with E-state index in [0.717, 1.165) is 47.8 Å². The largest absolute Gasteiger partial charge is 0.493 e. The number of aliphatic hydroxyl groups excluding tert-OH is 1. The third-order valence-corrected chi connectivity index (χ3v) is 9.39. The second-order valence-corrected chi connectivity index (χ2v) is 13.4. The van der Waals surface area contributed by atoms with Gasteiger partial charge in [-0.25, -0.2) is 0 Å². The van der Waals surface area contributed by atoms with Crippen LogP contribution in [0.2, 0.25) is 5.02 Å². The molecule has 2 aliphatic heterocycles. The van der Waals surface area contributed by atoms with Crippen molar-refractivity contribution < 1.29 is 33.6 Å². The van der Waals surface area contributed by atoms with Crippen LogP contribution in [0.15, 0.2) is 66.7 Å². The Bertz CT molecular complexity index is 1490. The number of hydrogen-bond donors (Lipinski definition) is 2. The zero-order valence-electron chi connectivity index (χ0n) is 28.8. The monoisotopic (exact) mass is 695 g/mol. The van der Waals surface area contributed by atoms with E-state index in [2.05, 4.69) is 11.0 Å². The summed E-state index contributed by atoms with van der Waals surface area (Å²) < 4.78 is 29.5. The van der Waals surface area contributed by atoms with E-state index < -0.39 is 18.2 Å². The average molecular weight is 696 g/mol. The van der Waals surface area contributed by atoms with Crippen molar-refractivity contribution in [1.82, 2.24) is 4.90 Å². The minimum Gasteiger partial charge on any atom is -0.493 e. The molecule has 1 unspecified atom stereocenters.